The predicted octanol–water partition coefficient (Wildman–Crippen LogP) is 3.62. The SMILES string of the molecule is CC(C)/C(=C/c1ccc(Br)c(F)c1)CO. The molecule has 0 aliphatic carbocycles. The molecule has 1 N–H and O–H groups in total. The van der Waals surface area contributed by atoms with Crippen LogP contribution in [0.3, 0.4) is 0 Å². The molecule has 1 aromatic carbocycles. The molecule has 3 heteroatoms. The van der Waals surface area contributed by atoms with Crippen LogP contribution in [0.25, 0.3) is 6.08 Å². The Morgan fingerprint density at radius 1 is 1.53 bits per heavy atom. The van der Waals surface area contributed by atoms with Crippen LogP contribution in [0.5, 0.6) is 0 Å². The Kier molecular flexibility index (Phi) is 4.48. The Labute approximate surface area is 97.8 Å². The molecular formula is C12H14BrFO. The Morgan fingerprint density at radius 2 is 2.20 bits per heavy atom. The summed E-state index contributed by atoms with van der Waals surface area (Å²) in [5, 5.41) is 9.11. The molecule has 0 bridgehead atoms. The molecule has 0 spiro atoms. The van der Waals surface area contributed by atoms with Gasteiger partial charge < -0.3 is 5.11 Å². The molecule has 0 aliphatic rings. The van der Waals surface area contributed by atoms with Crippen LogP contribution in [0.4, 0.5) is 4.39 Å². The molecule has 82 valence electrons. The second-order valence-corrected chi connectivity index (χ2v) is 4.56. The van der Waals surface area contributed by atoms with Gasteiger partial charge in [0.2, 0.25) is 0 Å². The predicted molar refractivity (Wildman–Crippen MR) is 64.0 cm³/mol. The van der Waals surface area contributed by atoms with E-state index in [0.29, 0.717) is 4.47 Å². The summed E-state index contributed by atoms with van der Waals surface area (Å²) in [7, 11) is 0. The zero-order chi connectivity index (χ0) is 11.4. The van der Waals surface area contributed by atoms with Crippen molar-refractivity contribution in [2.24, 2.45) is 5.92 Å². The van der Waals surface area contributed by atoms with Crippen molar-refractivity contribution in [1.82, 2.24) is 0 Å². The van der Waals surface area contributed by atoms with Crippen molar-refractivity contribution >= 4 is 22.0 Å². The summed E-state index contributed by atoms with van der Waals surface area (Å²) in [5.41, 5.74) is 1.67. The Bertz CT molecular complexity index is 372. The third kappa shape index (κ3) is 3.43. The van der Waals surface area contributed by atoms with Crippen molar-refractivity contribution in [3.05, 3.63) is 39.6 Å². The summed E-state index contributed by atoms with van der Waals surface area (Å²) in [6, 6.07) is 4.92. The lowest BCUT2D eigenvalue weighted by molar-refractivity contribution is 0.320. The minimum atomic E-state index is -0.287. The maximum absolute atomic E-state index is 13.2. The van der Waals surface area contributed by atoms with Gasteiger partial charge in [0, 0.05) is 0 Å². The minimum Gasteiger partial charge on any atom is -0.392 e. The van der Waals surface area contributed by atoms with Crippen molar-refractivity contribution in [1.29, 1.82) is 0 Å². The third-order valence-electron chi connectivity index (χ3n) is 2.22. The number of benzene rings is 1. The molecule has 0 heterocycles. The highest BCUT2D eigenvalue weighted by atomic mass is 79.9. The third-order valence-corrected chi connectivity index (χ3v) is 2.86. The lowest BCUT2D eigenvalue weighted by atomic mass is 10.0. The molecule has 1 rings (SSSR count). The summed E-state index contributed by atoms with van der Waals surface area (Å²) >= 11 is 3.10. The lowest BCUT2D eigenvalue weighted by Gasteiger charge is -2.08. The summed E-state index contributed by atoms with van der Waals surface area (Å²) < 4.78 is 13.6. The summed E-state index contributed by atoms with van der Waals surface area (Å²) in [4.78, 5) is 0. The Balaban J connectivity index is 3.01. The standard InChI is InChI=1S/C12H14BrFO/c1-8(2)10(7-15)5-9-3-4-11(13)12(14)6-9/h3-6,8,15H,7H2,1-2H3/b10-5+. The smallest absolute Gasteiger partial charge is 0.137 e. The number of rotatable bonds is 3. The first-order valence-electron chi connectivity index (χ1n) is 4.81. The molecule has 1 nitrogen and oxygen atoms in total. The van der Waals surface area contributed by atoms with Gasteiger partial charge in [-0.2, -0.15) is 0 Å². The fraction of sp³-hybridized carbons (Fsp3) is 0.333. The summed E-state index contributed by atoms with van der Waals surface area (Å²) in [6.45, 7) is 4.00. The number of halogens is 2. The van der Waals surface area contributed by atoms with E-state index in [1.807, 2.05) is 26.0 Å². The van der Waals surface area contributed by atoms with Crippen molar-refractivity contribution in [3.8, 4) is 0 Å². The second-order valence-electron chi connectivity index (χ2n) is 3.71. The van der Waals surface area contributed by atoms with Crippen LogP contribution in [-0.2, 0) is 0 Å². The van der Waals surface area contributed by atoms with Crippen LogP contribution < -0.4 is 0 Å². The monoisotopic (exact) mass is 272 g/mol. The van der Waals surface area contributed by atoms with Gasteiger partial charge in [-0.25, -0.2) is 4.39 Å². The highest BCUT2D eigenvalue weighted by Crippen LogP contribution is 2.19. The van der Waals surface area contributed by atoms with Crippen molar-refractivity contribution in [2.45, 2.75) is 13.8 Å². The molecular weight excluding hydrogens is 259 g/mol. The molecule has 0 atom stereocenters. The zero-order valence-corrected chi connectivity index (χ0v) is 10.4. The van der Waals surface area contributed by atoms with Gasteiger partial charge in [-0.1, -0.05) is 26.0 Å². The van der Waals surface area contributed by atoms with E-state index in [2.05, 4.69) is 15.9 Å². The van der Waals surface area contributed by atoms with Crippen LogP contribution in [0.15, 0.2) is 28.2 Å². The molecule has 0 radical (unpaired) electrons. The Hall–Kier alpha value is -0.670. The maximum Gasteiger partial charge on any atom is 0.137 e. The van der Waals surface area contributed by atoms with E-state index < -0.39 is 0 Å². The van der Waals surface area contributed by atoms with Gasteiger partial charge >= 0.3 is 0 Å². The van der Waals surface area contributed by atoms with E-state index in [4.69, 9.17) is 5.11 Å². The number of aliphatic hydroxyl groups is 1. The number of hydrogen-bond donors (Lipinski definition) is 1. The van der Waals surface area contributed by atoms with Gasteiger partial charge in [-0.05, 0) is 45.1 Å². The molecule has 0 amide bonds. The molecule has 15 heavy (non-hydrogen) atoms. The molecule has 0 saturated carbocycles. The van der Waals surface area contributed by atoms with Crippen molar-refractivity contribution in [2.75, 3.05) is 6.61 Å². The van der Waals surface area contributed by atoms with E-state index in [-0.39, 0.29) is 18.3 Å². The van der Waals surface area contributed by atoms with Crippen LogP contribution in [0.1, 0.15) is 19.4 Å². The molecule has 0 aliphatic heterocycles. The Morgan fingerprint density at radius 3 is 2.67 bits per heavy atom. The van der Waals surface area contributed by atoms with Gasteiger partial charge in [0.15, 0.2) is 0 Å². The molecule has 0 aromatic heterocycles. The quantitative estimate of drug-likeness (QED) is 0.891. The molecule has 0 unspecified atom stereocenters. The largest absolute Gasteiger partial charge is 0.392 e. The van der Waals surface area contributed by atoms with Gasteiger partial charge in [0.1, 0.15) is 5.82 Å². The van der Waals surface area contributed by atoms with Crippen molar-refractivity contribution < 1.29 is 9.50 Å². The summed E-state index contributed by atoms with van der Waals surface area (Å²) in [5.74, 6) is -0.0218. The average Bonchev–Trinajstić information content (AvgIpc) is 2.19. The first-order valence-corrected chi connectivity index (χ1v) is 5.60. The van der Waals surface area contributed by atoms with Crippen LogP contribution >= 0.6 is 15.9 Å². The molecule has 1 aromatic rings. The lowest BCUT2D eigenvalue weighted by Crippen LogP contribution is -1.98. The van der Waals surface area contributed by atoms with E-state index >= 15 is 0 Å². The van der Waals surface area contributed by atoms with Crippen LogP contribution in [0.2, 0.25) is 0 Å². The maximum atomic E-state index is 13.2. The highest BCUT2D eigenvalue weighted by Gasteiger charge is 2.03. The van der Waals surface area contributed by atoms with Crippen LogP contribution in [0, 0.1) is 11.7 Å². The van der Waals surface area contributed by atoms with E-state index in [9.17, 15) is 4.39 Å². The van der Waals surface area contributed by atoms with Gasteiger partial charge in [-0.15, -0.1) is 0 Å². The number of aliphatic hydroxyl groups excluding tert-OH is 1. The molecule has 0 fully saturated rings. The van der Waals surface area contributed by atoms with Crippen molar-refractivity contribution in [3.63, 3.8) is 0 Å². The topological polar surface area (TPSA) is 20.2 Å². The fourth-order valence-electron chi connectivity index (χ4n) is 1.21. The van der Waals surface area contributed by atoms with Gasteiger partial charge in [0.05, 0.1) is 11.1 Å². The first kappa shape index (κ1) is 12.4. The number of hydrogen-bond acceptors (Lipinski definition) is 1. The first-order chi connectivity index (χ1) is 7.04. The normalized spacial score (nSPS) is 12.3. The van der Waals surface area contributed by atoms with E-state index in [1.54, 1.807) is 6.07 Å². The van der Waals surface area contributed by atoms with Gasteiger partial charge in [0.25, 0.3) is 0 Å². The van der Waals surface area contributed by atoms with Crippen LogP contribution in [-0.4, -0.2) is 11.7 Å². The molecule has 0 saturated heterocycles. The minimum absolute atomic E-state index is 0.00928. The summed E-state index contributed by atoms with van der Waals surface area (Å²) in [6.07, 6.45) is 1.82. The zero-order valence-electron chi connectivity index (χ0n) is 8.80. The second kappa shape index (κ2) is 5.42. The average molecular weight is 273 g/mol. The highest BCUT2D eigenvalue weighted by molar-refractivity contribution is 9.10. The van der Waals surface area contributed by atoms with Gasteiger partial charge in [-0.3, -0.25) is 0 Å². The van der Waals surface area contributed by atoms with E-state index in [1.165, 1.54) is 6.07 Å². The van der Waals surface area contributed by atoms with E-state index in [0.717, 1.165) is 11.1 Å². The fourth-order valence-corrected chi connectivity index (χ4v) is 1.46.